The van der Waals surface area contributed by atoms with Gasteiger partial charge in [-0.15, -0.1) is 0 Å². The number of rotatable bonds is 4. The molecule has 0 saturated carbocycles. The van der Waals surface area contributed by atoms with Crippen LogP contribution in [0.5, 0.6) is 11.5 Å². The molecular weight excluding hydrogens is 170 g/mol. The van der Waals surface area contributed by atoms with E-state index in [1.165, 1.54) is 13.2 Å². The maximum Gasteiger partial charge on any atom is 0.219 e. The molecule has 0 amide bonds. The summed E-state index contributed by atoms with van der Waals surface area (Å²) in [7, 11) is 1.46. The number of benzene rings is 1. The van der Waals surface area contributed by atoms with E-state index in [0.29, 0.717) is 11.4 Å². The third-order valence-electron chi connectivity index (χ3n) is 1.54. The van der Waals surface area contributed by atoms with Gasteiger partial charge in [-0.1, -0.05) is 0 Å². The minimum atomic E-state index is 0.0723. The number of phenolic OH excluding ortho intramolecular Hbond substituents is 1. The average molecular weight is 180 g/mol. The van der Waals surface area contributed by atoms with Crippen LogP contribution < -0.4 is 10.1 Å². The fourth-order valence-corrected chi connectivity index (χ4v) is 0.926. The van der Waals surface area contributed by atoms with Crippen molar-refractivity contribution in [1.82, 2.24) is 0 Å². The Kier molecular flexibility index (Phi) is 3.14. The SMILES string of the molecule is COc1cc(NC[C]=O)ccc1O. The summed E-state index contributed by atoms with van der Waals surface area (Å²) in [6.45, 7) is 0.119. The van der Waals surface area contributed by atoms with Gasteiger partial charge >= 0.3 is 0 Å². The molecule has 0 unspecified atom stereocenters. The first kappa shape index (κ1) is 9.38. The number of hydrogen-bond donors (Lipinski definition) is 2. The molecule has 0 fully saturated rings. The van der Waals surface area contributed by atoms with Crippen molar-refractivity contribution in [2.24, 2.45) is 0 Å². The van der Waals surface area contributed by atoms with Gasteiger partial charge in [0.25, 0.3) is 0 Å². The number of aromatic hydroxyl groups is 1. The van der Waals surface area contributed by atoms with E-state index in [2.05, 4.69) is 5.32 Å². The van der Waals surface area contributed by atoms with E-state index in [0.717, 1.165) is 0 Å². The molecule has 0 aliphatic heterocycles. The molecule has 0 aromatic heterocycles. The van der Waals surface area contributed by atoms with Crippen molar-refractivity contribution in [3.8, 4) is 11.5 Å². The first-order valence-electron chi connectivity index (χ1n) is 3.74. The molecule has 0 bridgehead atoms. The number of phenols is 1. The number of nitrogens with one attached hydrogen (secondary N) is 1. The van der Waals surface area contributed by atoms with Gasteiger partial charge in [-0.2, -0.15) is 0 Å². The van der Waals surface area contributed by atoms with Crippen molar-refractivity contribution in [2.75, 3.05) is 19.0 Å². The average Bonchev–Trinajstić information content (AvgIpc) is 2.16. The Morgan fingerprint density at radius 2 is 2.38 bits per heavy atom. The molecule has 0 heterocycles. The van der Waals surface area contributed by atoms with Crippen LogP contribution in [0.4, 0.5) is 5.69 Å². The van der Waals surface area contributed by atoms with Gasteiger partial charge in [0.1, 0.15) is 0 Å². The Hall–Kier alpha value is -1.71. The fraction of sp³-hybridized carbons (Fsp3) is 0.222. The normalized spacial score (nSPS) is 9.31. The molecule has 2 N–H and O–H groups in total. The van der Waals surface area contributed by atoms with E-state index in [-0.39, 0.29) is 12.3 Å². The summed E-state index contributed by atoms with van der Waals surface area (Å²) in [4.78, 5) is 9.93. The van der Waals surface area contributed by atoms with Crippen LogP contribution in [0.3, 0.4) is 0 Å². The van der Waals surface area contributed by atoms with Crippen LogP contribution in [0.15, 0.2) is 18.2 Å². The van der Waals surface area contributed by atoms with Gasteiger partial charge in [-0.05, 0) is 12.1 Å². The van der Waals surface area contributed by atoms with Crippen molar-refractivity contribution in [1.29, 1.82) is 0 Å². The largest absolute Gasteiger partial charge is 0.504 e. The van der Waals surface area contributed by atoms with Gasteiger partial charge in [-0.25, -0.2) is 0 Å². The molecule has 1 rings (SSSR count). The molecule has 0 aliphatic carbocycles. The van der Waals surface area contributed by atoms with E-state index < -0.39 is 0 Å². The van der Waals surface area contributed by atoms with E-state index in [9.17, 15) is 9.90 Å². The molecule has 0 saturated heterocycles. The second-order valence-corrected chi connectivity index (χ2v) is 2.38. The van der Waals surface area contributed by atoms with Crippen LogP contribution in [0.2, 0.25) is 0 Å². The predicted octanol–water partition coefficient (Wildman–Crippen LogP) is 0.922. The molecule has 69 valence electrons. The van der Waals surface area contributed by atoms with Crippen molar-refractivity contribution in [2.45, 2.75) is 0 Å². The standard InChI is InChI=1S/C9H10NO3/c1-13-9-6-7(10-4-5-11)2-3-8(9)12/h2-3,6,10,12H,4H2,1H3. The first-order chi connectivity index (χ1) is 6.27. The first-order valence-corrected chi connectivity index (χ1v) is 3.74. The lowest BCUT2D eigenvalue weighted by atomic mass is 10.3. The third-order valence-corrected chi connectivity index (χ3v) is 1.54. The van der Waals surface area contributed by atoms with Crippen molar-refractivity contribution >= 4 is 12.0 Å². The van der Waals surface area contributed by atoms with Gasteiger partial charge in [0, 0.05) is 11.8 Å². The van der Waals surface area contributed by atoms with Gasteiger partial charge in [0.2, 0.25) is 6.29 Å². The summed E-state index contributed by atoms with van der Waals surface area (Å²) < 4.78 is 4.88. The molecule has 0 spiro atoms. The third kappa shape index (κ3) is 2.37. The monoisotopic (exact) mass is 180 g/mol. The number of methoxy groups -OCH3 is 1. The summed E-state index contributed by atoms with van der Waals surface area (Å²) in [5.41, 5.74) is 0.706. The number of carbonyl (C=O) groups excluding carboxylic acids is 1. The van der Waals surface area contributed by atoms with Crippen LogP contribution in [-0.2, 0) is 4.79 Å². The van der Waals surface area contributed by atoms with Crippen molar-refractivity contribution in [3.63, 3.8) is 0 Å². The quantitative estimate of drug-likeness (QED) is 0.676. The summed E-state index contributed by atoms with van der Waals surface area (Å²) in [5, 5.41) is 12.0. The minimum Gasteiger partial charge on any atom is -0.504 e. The molecule has 13 heavy (non-hydrogen) atoms. The Balaban J connectivity index is 2.79. The van der Waals surface area contributed by atoms with Crippen molar-refractivity contribution < 1.29 is 14.6 Å². The summed E-state index contributed by atoms with van der Waals surface area (Å²) in [6.07, 6.45) is 1.70. The van der Waals surface area contributed by atoms with E-state index in [1.807, 2.05) is 0 Å². The highest BCUT2D eigenvalue weighted by atomic mass is 16.5. The maximum absolute atomic E-state index is 9.93. The molecule has 4 heteroatoms. The fourth-order valence-electron chi connectivity index (χ4n) is 0.926. The lowest BCUT2D eigenvalue weighted by molar-refractivity contribution is 0.373. The van der Waals surface area contributed by atoms with Gasteiger partial charge in [0.05, 0.1) is 13.7 Å². The van der Waals surface area contributed by atoms with Crippen LogP contribution >= 0.6 is 0 Å². The predicted molar refractivity (Wildman–Crippen MR) is 48.8 cm³/mol. The molecule has 4 nitrogen and oxygen atoms in total. The van der Waals surface area contributed by atoms with Crippen LogP contribution in [0.1, 0.15) is 0 Å². The zero-order chi connectivity index (χ0) is 9.68. The molecule has 1 aromatic carbocycles. The molecule has 0 aliphatic rings. The zero-order valence-electron chi connectivity index (χ0n) is 7.20. The molecule has 1 radical (unpaired) electrons. The maximum atomic E-state index is 9.93. The molecule has 0 atom stereocenters. The van der Waals surface area contributed by atoms with Crippen molar-refractivity contribution in [3.05, 3.63) is 18.2 Å². The summed E-state index contributed by atoms with van der Waals surface area (Å²) in [5.74, 6) is 0.444. The van der Waals surface area contributed by atoms with Crippen LogP contribution in [0, 0.1) is 0 Å². The molecular formula is C9H10NO3. The highest BCUT2D eigenvalue weighted by Crippen LogP contribution is 2.28. The Morgan fingerprint density at radius 3 is 3.00 bits per heavy atom. The smallest absolute Gasteiger partial charge is 0.219 e. The minimum absolute atomic E-state index is 0.0723. The summed E-state index contributed by atoms with van der Waals surface area (Å²) in [6, 6.07) is 4.74. The number of anilines is 1. The van der Waals surface area contributed by atoms with Gasteiger partial charge in [-0.3, -0.25) is 4.79 Å². The van der Waals surface area contributed by atoms with Crippen LogP contribution in [0.25, 0.3) is 0 Å². The molecule has 1 aromatic rings. The van der Waals surface area contributed by atoms with Gasteiger partial charge in [0.15, 0.2) is 11.5 Å². The summed E-state index contributed by atoms with van der Waals surface area (Å²) >= 11 is 0. The Bertz CT molecular complexity index is 299. The second kappa shape index (κ2) is 4.35. The number of hydrogen-bond acceptors (Lipinski definition) is 4. The zero-order valence-corrected chi connectivity index (χ0v) is 7.20. The second-order valence-electron chi connectivity index (χ2n) is 2.38. The highest BCUT2D eigenvalue weighted by Gasteiger charge is 2.01. The lowest BCUT2D eigenvalue weighted by Gasteiger charge is -2.06. The lowest BCUT2D eigenvalue weighted by Crippen LogP contribution is -2.01. The van der Waals surface area contributed by atoms with E-state index in [4.69, 9.17) is 4.74 Å². The van der Waals surface area contributed by atoms with Crippen LogP contribution in [-0.4, -0.2) is 25.0 Å². The highest BCUT2D eigenvalue weighted by molar-refractivity contribution is 5.62. The Morgan fingerprint density at radius 1 is 1.62 bits per heavy atom. The number of ether oxygens (including phenoxy) is 1. The van der Waals surface area contributed by atoms with E-state index in [1.54, 1.807) is 18.4 Å². The Labute approximate surface area is 76.1 Å². The topological polar surface area (TPSA) is 58.6 Å². The van der Waals surface area contributed by atoms with Gasteiger partial charge < -0.3 is 15.2 Å². The van der Waals surface area contributed by atoms with E-state index >= 15 is 0 Å².